The van der Waals surface area contributed by atoms with Gasteiger partial charge in [-0.05, 0) is 19.3 Å². The Kier molecular flexibility index (Phi) is 6.73. The van der Waals surface area contributed by atoms with Crippen LogP contribution in [0.25, 0.3) is 0 Å². The Hall–Kier alpha value is -2.28. The van der Waals surface area contributed by atoms with Crippen molar-refractivity contribution < 1.29 is 34.1 Å². The Morgan fingerprint density at radius 2 is 1.77 bits per heavy atom. The molecule has 0 aromatic carbocycles. The number of carbonyl (C=O) groups is 4. The van der Waals surface area contributed by atoms with Crippen molar-refractivity contribution in [3.05, 3.63) is 0 Å². The van der Waals surface area contributed by atoms with Gasteiger partial charge in [0.25, 0.3) is 0 Å². The maximum Gasteiger partial charge on any atom is 0.244 e. The number of piperazine rings is 1. The lowest BCUT2D eigenvalue weighted by atomic mass is 9.91. The Labute approximate surface area is 203 Å². The molecule has 12 nitrogen and oxygen atoms in total. The van der Waals surface area contributed by atoms with Crippen LogP contribution in [0.4, 0.5) is 0 Å². The van der Waals surface area contributed by atoms with E-state index in [0.29, 0.717) is 25.6 Å². The van der Waals surface area contributed by atoms with Crippen LogP contribution in [0.5, 0.6) is 0 Å². The SMILES string of the molecule is CC(=O)N1CCN2C[C@H]1C(=O)NC[C@H]1O[C@@H](CC(=O)N[C@H]3C[C@@H](C2=O)N(C2CCC2)C3)[C@H](O)[C@@H]1O. The van der Waals surface area contributed by atoms with Crippen molar-refractivity contribution in [1.29, 1.82) is 0 Å². The molecule has 4 heterocycles. The lowest BCUT2D eigenvalue weighted by Crippen LogP contribution is -2.63. The molecule has 35 heavy (non-hydrogen) atoms. The third-order valence-corrected chi connectivity index (χ3v) is 8.26. The van der Waals surface area contributed by atoms with Gasteiger partial charge in [0, 0.05) is 45.2 Å². The molecule has 0 aromatic heterocycles. The van der Waals surface area contributed by atoms with Crippen LogP contribution in [-0.4, -0.2) is 130 Å². The van der Waals surface area contributed by atoms with Crippen molar-refractivity contribution in [3.63, 3.8) is 0 Å². The smallest absolute Gasteiger partial charge is 0.244 e. The van der Waals surface area contributed by atoms with Crippen molar-refractivity contribution >= 4 is 23.6 Å². The summed E-state index contributed by atoms with van der Waals surface area (Å²) in [6, 6.07) is -1.18. The molecule has 4 aliphatic heterocycles. The van der Waals surface area contributed by atoms with Gasteiger partial charge in [-0.15, -0.1) is 0 Å². The molecule has 4 N–H and O–H groups in total. The minimum absolute atomic E-state index is 0.0732. The largest absolute Gasteiger partial charge is 0.388 e. The van der Waals surface area contributed by atoms with Crippen LogP contribution >= 0.6 is 0 Å². The van der Waals surface area contributed by atoms with E-state index < -0.39 is 42.4 Å². The molecule has 12 heteroatoms. The molecule has 1 saturated carbocycles. The molecule has 0 aromatic rings. The first kappa shape index (κ1) is 24.4. The molecule has 6 bridgehead atoms. The topological polar surface area (TPSA) is 152 Å². The normalized spacial score (nSPS) is 39.3. The number of ether oxygens (including phenoxy) is 1. The number of rotatable bonds is 1. The molecule has 7 atom stereocenters. The van der Waals surface area contributed by atoms with E-state index in [1.807, 2.05) is 0 Å². The number of likely N-dealkylation sites (tertiary alicyclic amines) is 1. The molecule has 4 amide bonds. The van der Waals surface area contributed by atoms with Gasteiger partial charge in [-0.3, -0.25) is 24.1 Å². The van der Waals surface area contributed by atoms with E-state index in [1.165, 1.54) is 11.8 Å². The number of aliphatic hydroxyl groups excluding tert-OH is 2. The summed E-state index contributed by atoms with van der Waals surface area (Å²) in [6.45, 7) is 2.54. The number of hydrogen-bond donors (Lipinski definition) is 4. The molecule has 5 rings (SSSR count). The second-order valence-corrected chi connectivity index (χ2v) is 10.5. The van der Waals surface area contributed by atoms with E-state index >= 15 is 0 Å². The fourth-order valence-electron chi connectivity index (χ4n) is 6.08. The molecule has 5 aliphatic rings. The summed E-state index contributed by atoms with van der Waals surface area (Å²) in [6.07, 6.45) is -0.859. The molecular weight excluding hydrogens is 458 g/mol. The molecule has 1 aliphatic carbocycles. The van der Waals surface area contributed by atoms with Gasteiger partial charge in [-0.1, -0.05) is 6.42 Å². The quantitative estimate of drug-likeness (QED) is 0.305. The summed E-state index contributed by atoms with van der Waals surface area (Å²) in [7, 11) is 0. The summed E-state index contributed by atoms with van der Waals surface area (Å²) >= 11 is 0. The van der Waals surface area contributed by atoms with Crippen molar-refractivity contribution in [3.8, 4) is 0 Å². The Morgan fingerprint density at radius 1 is 1.03 bits per heavy atom. The Morgan fingerprint density at radius 3 is 2.46 bits per heavy atom. The average molecular weight is 494 g/mol. The number of nitrogens with zero attached hydrogens (tertiary/aromatic N) is 3. The van der Waals surface area contributed by atoms with Gasteiger partial charge in [0.15, 0.2) is 0 Å². The number of nitrogens with one attached hydrogen (secondary N) is 2. The van der Waals surface area contributed by atoms with Gasteiger partial charge in [0.1, 0.15) is 24.4 Å². The summed E-state index contributed by atoms with van der Waals surface area (Å²) < 4.78 is 5.73. The van der Waals surface area contributed by atoms with Crippen LogP contribution in [0.3, 0.4) is 0 Å². The molecule has 0 spiro atoms. The number of aliphatic hydroxyl groups is 2. The van der Waals surface area contributed by atoms with Gasteiger partial charge in [-0.25, -0.2) is 0 Å². The van der Waals surface area contributed by atoms with E-state index in [9.17, 15) is 29.4 Å². The number of fused-ring (bicyclic) bond motifs is 6. The fourth-order valence-corrected chi connectivity index (χ4v) is 6.08. The highest BCUT2D eigenvalue weighted by Gasteiger charge is 2.48. The summed E-state index contributed by atoms with van der Waals surface area (Å²) in [5, 5.41) is 26.6. The van der Waals surface area contributed by atoms with Crippen LogP contribution in [0.1, 0.15) is 39.0 Å². The van der Waals surface area contributed by atoms with Gasteiger partial charge in [0.2, 0.25) is 23.6 Å². The van der Waals surface area contributed by atoms with E-state index in [0.717, 1.165) is 19.3 Å². The summed E-state index contributed by atoms with van der Waals surface area (Å²) in [4.78, 5) is 57.1. The van der Waals surface area contributed by atoms with Crippen molar-refractivity contribution in [2.45, 2.75) is 87.6 Å². The minimum atomic E-state index is -1.26. The molecule has 194 valence electrons. The number of hydrogen-bond acceptors (Lipinski definition) is 8. The zero-order chi connectivity index (χ0) is 24.9. The van der Waals surface area contributed by atoms with Gasteiger partial charge < -0.3 is 35.4 Å². The van der Waals surface area contributed by atoms with Gasteiger partial charge >= 0.3 is 0 Å². The lowest BCUT2D eigenvalue weighted by molar-refractivity contribution is -0.150. The zero-order valence-corrected chi connectivity index (χ0v) is 20.0. The van der Waals surface area contributed by atoms with Crippen LogP contribution in [0.2, 0.25) is 0 Å². The molecule has 0 radical (unpaired) electrons. The van der Waals surface area contributed by atoms with Gasteiger partial charge in [-0.2, -0.15) is 0 Å². The van der Waals surface area contributed by atoms with E-state index in [4.69, 9.17) is 4.74 Å². The maximum atomic E-state index is 13.7. The molecule has 5 fully saturated rings. The number of carbonyl (C=O) groups excluding carboxylic acids is 4. The first-order valence-corrected chi connectivity index (χ1v) is 12.6. The van der Waals surface area contributed by atoms with Crippen LogP contribution in [-0.2, 0) is 23.9 Å². The third kappa shape index (κ3) is 4.64. The van der Waals surface area contributed by atoms with E-state index in [1.54, 1.807) is 4.90 Å². The first-order chi connectivity index (χ1) is 16.7. The van der Waals surface area contributed by atoms with Crippen molar-refractivity contribution in [2.75, 3.05) is 32.7 Å². The first-order valence-electron chi connectivity index (χ1n) is 12.6. The third-order valence-electron chi connectivity index (χ3n) is 8.26. The predicted molar refractivity (Wildman–Crippen MR) is 121 cm³/mol. The Balaban J connectivity index is 1.42. The molecule has 4 saturated heterocycles. The zero-order valence-electron chi connectivity index (χ0n) is 20.0. The monoisotopic (exact) mass is 493 g/mol. The second-order valence-electron chi connectivity index (χ2n) is 10.5. The van der Waals surface area contributed by atoms with E-state index in [2.05, 4.69) is 15.5 Å². The van der Waals surface area contributed by atoms with Crippen molar-refractivity contribution in [2.24, 2.45) is 0 Å². The lowest BCUT2D eigenvalue weighted by Gasteiger charge is -2.43. The minimum Gasteiger partial charge on any atom is -0.388 e. The predicted octanol–water partition coefficient (Wildman–Crippen LogP) is -2.83. The van der Waals surface area contributed by atoms with Crippen molar-refractivity contribution in [1.82, 2.24) is 25.3 Å². The van der Waals surface area contributed by atoms with E-state index in [-0.39, 0.29) is 49.8 Å². The average Bonchev–Trinajstić information content (AvgIpc) is 3.30. The van der Waals surface area contributed by atoms with Crippen LogP contribution in [0, 0.1) is 0 Å². The molecule has 0 unspecified atom stereocenters. The summed E-state index contributed by atoms with van der Waals surface area (Å²) in [5.41, 5.74) is 0. The highest BCUT2D eigenvalue weighted by Crippen LogP contribution is 2.33. The van der Waals surface area contributed by atoms with Crippen LogP contribution < -0.4 is 10.6 Å². The van der Waals surface area contributed by atoms with Crippen LogP contribution in [0.15, 0.2) is 0 Å². The summed E-state index contributed by atoms with van der Waals surface area (Å²) in [5.74, 6) is -1.08. The Bertz CT molecular complexity index is 882. The highest BCUT2D eigenvalue weighted by atomic mass is 16.5. The standard InChI is InChI=1S/C23H35N5O7/c1-12(29)27-6-5-26-11-16(27)22(33)24-9-18-21(32)20(31)17(35-18)8-19(30)25-13-7-15(23(26)34)28(10-13)14-3-2-4-14/h13-18,20-21,31-32H,2-11H2,1H3,(H,24,33)(H,25,30)/t13-,15-,16-,17-,18+,20-,21+/m0/s1. The highest BCUT2D eigenvalue weighted by molar-refractivity contribution is 5.89. The fraction of sp³-hybridized carbons (Fsp3) is 0.826. The second kappa shape index (κ2) is 9.64. The van der Waals surface area contributed by atoms with Gasteiger partial charge in [0.05, 0.1) is 25.1 Å². The molecular formula is C23H35N5O7. The number of amides is 4. The maximum absolute atomic E-state index is 13.7.